The number of nitrogens with zero attached hydrogens (tertiary/aromatic N) is 1. The average Bonchev–Trinajstić information content (AvgIpc) is 2.60. The molecule has 0 fully saturated rings. The quantitative estimate of drug-likeness (QED) is 0.889. The summed E-state index contributed by atoms with van der Waals surface area (Å²) in [5.41, 5.74) is -0.0748. The van der Waals surface area contributed by atoms with Crippen molar-refractivity contribution in [2.24, 2.45) is 0 Å². The number of carbonyl (C=O) groups is 2. The molecule has 1 aliphatic heterocycles. The molecule has 0 atom stereocenters. The number of carbonyl (C=O) groups excluding carboxylic acids is 2. The molecule has 0 aromatic heterocycles. The molecule has 136 valence electrons. The van der Waals surface area contributed by atoms with Crippen LogP contribution >= 0.6 is 11.6 Å². The number of ether oxygens (including phenoxy) is 2. The van der Waals surface area contributed by atoms with Crippen LogP contribution in [0.15, 0.2) is 42.5 Å². The molecule has 0 bridgehead atoms. The molecule has 0 aliphatic carbocycles. The Bertz CT molecular complexity index is 866. The van der Waals surface area contributed by atoms with Crippen LogP contribution in [0.1, 0.15) is 13.8 Å². The fourth-order valence-electron chi connectivity index (χ4n) is 2.78. The lowest BCUT2D eigenvalue weighted by molar-refractivity contribution is -0.133. The summed E-state index contributed by atoms with van der Waals surface area (Å²) >= 11 is 6.06. The van der Waals surface area contributed by atoms with Crippen LogP contribution in [0.4, 0.5) is 11.4 Å². The zero-order valence-corrected chi connectivity index (χ0v) is 15.5. The Kier molecular flexibility index (Phi) is 4.78. The number of rotatable bonds is 4. The van der Waals surface area contributed by atoms with Gasteiger partial charge < -0.3 is 14.8 Å². The van der Waals surface area contributed by atoms with Gasteiger partial charge in [-0.3, -0.25) is 14.5 Å². The zero-order valence-electron chi connectivity index (χ0n) is 14.7. The molecule has 0 saturated carbocycles. The summed E-state index contributed by atoms with van der Waals surface area (Å²) in [4.78, 5) is 26.7. The number of halogens is 1. The Morgan fingerprint density at radius 1 is 1.27 bits per heavy atom. The van der Waals surface area contributed by atoms with Crippen LogP contribution in [0, 0.1) is 0 Å². The monoisotopic (exact) mass is 374 g/mol. The number of hydrogen-bond donors (Lipinski definition) is 1. The topological polar surface area (TPSA) is 67.9 Å². The Labute approximate surface area is 156 Å². The smallest absolute Gasteiger partial charge is 0.271 e. The number of methoxy groups -OCH3 is 1. The third kappa shape index (κ3) is 3.46. The number of hydrogen-bond acceptors (Lipinski definition) is 4. The molecule has 2 aromatic carbocycles. The van der Waals surface area contributed by atoms with Gasteiger partial charge in [0, 0.05) is 5.02 Å². The maximum Gasteiger partial charge on any atom is 0.271 e. The highest BCUT2D eigenvalue weighted by atomic mass is 35.5. The highest BCUT2D eigenvalue weighted by molar-refractivity contribution is 6.31. The predicted octanol–water partition coefficient (Wildman–Crippen LogP) is 3.49. The van der Waals surface area contributed by atoms with Crippen molar-refractivity contribution >= 4 is 34.8 Å². The predicted molar refractivity (Wildman–Crippen MR) is 100 cm³/mol. The van der Waals surface area contributed by atoms with Gasteiger partial charge in [0.25, 0.3) is 5.91 Å². The third-order valence-corrected chi connectivity index (χ3v) is 4.25. The van der Waals surface area contributed by atoms with Crippen LogP contribution < -0.4 is 19.7 Å². The zero-order chi connectivity index (χ0) is 18.9. The number of fused-ring (bicyclic) bond motifs is 1. The highest BCUT2D eigenvalue weighted by Gasteiger charge is 2.41. The van der Waals surface area contributed by atoms with Crippen molar-refractivity contribution < 1.29 is 19.1 Å². The molecule has 2 amide bonds. The molecule has 0 spiro atoms. The van der Waals surface area contributed by atoms with Gasteiger partial charge in [-0.1, -0.05) is 23.7 Å². The largest absolute Gasteiger partial charge is 0.495 e. The second-order valence-corrected chi connectivity index (χ2v) is 6.80. The second-order valence-electron chi connectivity index (χ2n) is 6.36. The Morgan fingerprint density at radius 2 is 2.00 bits per heavy atom. The van der Waals surface area contributed by atoms with Crippen molar-refractivity contribution in [1.82, 2.24) is 0 Å². The van der Waals surface area contributed by atoms with Gasteiger partial charge in [0.05, 0.1) is 18.5 Å². The van der Waals surface area contributed by atoms with Crippen molar-refractivity contribution in [2.75, 3.05) is 23.9 Å². The second kappa shape index (κ2) is 6.88. The molecule has 1 heterocycles. The first kappa shape index (κ1) is 18.1. The number of amides is 2. The fourth-order valence-corrected chi connectivity index (χ4v) is 2.95. The molecule has 1 N–H and O–H groups in total. The third-order valence-electron chi connectivity index (χ3n) is 4.02. The van der Waals surface area contributed by atoms with Crippen molar-refractivity contribution in [2.45, 2.75) is 19.4 Å². The van der Waals surface area contributed by atoms with Gasteiger partial charge in [0.1, 0.15) is 18.0 Å². The van der Waals surface area contributed by atoms with E-state index in [1.807, 2.05) is 0 Å². The van der Waals surface area contributed by atoms with Crippen LogP contribution in [0.25, 0.3) is 0 Å². The van der Waals surface area contributed by atoms with E-state index in [1.165, 1.54) is 12.0 Å². The molecule has 2 aromatic rings. The van der Waals surface area contributed by atoms with Crippen molar-refractivity contribution in [3.63, 3.8) is 0 Å². The summed E-state index contributed by atoms with van der Waals surface area (Å²) in [7, 11) is 1.53. The van der Waals surface area contributed by atoms with Gasteiger partial charge in [0.15, 0.2) is 5.60 Å². The fraction of sp³-hybridized carbons (Fsp3) is 0.263. The van der Waals surface area contributed by atoms with Gasteiger partial charge in [0.2, 0.25) is 5.91 Å². The first-order chi connectivity index (χ1) is 12.3. The number of benzene rings is 2. The Morgan fingerprint density at radius 3 is 2.73 bits per heavy atom. The summed E-state index contributed by atoms with van der Waals surface area (Å²) in [6, 6.07) is 12.0. The molecule has 1 aliphatic rings. The van der Waals surface area contributed by atoms with E-state index in [0.717, 1.165) is 0 Å². The molecular weight excluding hydrogens is 356 g/mol. The summed E-state index contributed by atoms with van der Waals surface area (Å²) in [6.07, 6.45) is 0. The summed E-state index contributed by atoms with van der Waals surface area (Å²) in [5, 5.41) is 3.22. The average molecular weight is 375 g/mol. The summed E-state index contributed by atoms with van der Waals surface area (Å²) < 4.78 is 11.0. The van der Waals surface area contributed by atoms with Gasteiger partial charge in [-0.15, -0.1) is 0 Å². The van der Waals surface area contributed by atoms with Crippen LogP contribution in [-0.4, -0.2) is 31.1 Å². The molecule has 6 nitrogen and oxygen atoms in total. The van der Waals surface area contributed by atoms with Crippen LogP contribution in [0.5, 0.6) is 11.5 Å². The minimum Gasteiger partial charge on any atom is -0.495 e. The highest BCUT2D eigenvalue weighted by Crippen LogP contribution is 2.39. The molecular formula is C19H19ClN2O4. The van der Waals surface area contributed by atoms with E-state index in [9.17, 15) is 9.59 Å². The van der Waals surface area contributed by atoms with E-state index in [4.69, 9.17) is 21.1 Å². The molecule has 0 saturated heterocycles. The van der Waals surface area contributed by atoms with E-state index in [-0.39, 0.29) is 18.4 Å². The van der Waals surface area contributed by atoms with Gasteiger partial charge in [-0.25, -0.2) is 0 Å². The SMILES string of the molecule is COc1ccccc1NC(=O)CN1C(=O)C(C)(C)Oc2ccc(Cl)cc21. The van der Waals surface area contributed by atoms with E-state index in [0.29, 0.717) is 27.9 Å². The summed E-state index contributed by atoms with van der Waals surface area (Å²) in [6.45, 7) is 3.16. The van der Waals surface area contributed by atoms with E-state index < -0.39 is 5.60 Å². The Balaban J connectivity index is 1.87. The lowest BCUT2D eigenvalue weighted by atomic mass is 10.0. The van der Waals surface area contributed by atoms with E-state index in [1.54, 1.807) is 56.3 Å². The standard InChI is InChI=1S/C19H19ClN2O4/c1-19(2)18(24)22(14-10-12(20)8-9-16(14)26-19)11-17(23)21-13-6-4-5-7-15(13)25-3/h4-10H,11H2,1-3H3,(H,21,23). The molecule has 0 unspecified atom stereocenters. The lowest BCUT2D eigenvalue weighted by Crippen LogP contribution is -2.54. The normalized spacial score (nSPS) is 15.1. The minimum absolute atomic E-state index is 0.170. The maximum atomic E-state index is 12.8. The van der Waals surface area contributed by atoms with Gasteiger partial charge in [-0.2, -0.15) is 0 Å². The van der Waals surface area contributed by atoms with Crippen LogP contribution in [0.2, 0.25) is 5.02 Å². The maximum absolute atomic E-state index is 12.8. The molecule has 3 rings (SSSR count). The van der Waals surface area contributed by atoms with Gasteiger partial charge >= 0.3 is 0 Å². The number of para-hydroxylation sites is 2. The van der Waals surface area contributed by atoms with E-state index in [2.05, 4.69) is 5.32 Å². The molecule has 26 heavy (non-hydrogen) atoms. The first-order valence-corrected chi connectivity index (χ1v) is 8.43. The van der Waals surface area contributed by atoms with Crippen LogP contribution in [-0.2, 0) is 9.59 Å². The lowest BCUT2D eigenvalue weighted by Gasteiger charge is -2.38. The number of anilines is 2. The van der Waals surface area contributed by atoms with Crippen molar-refractivity contribution in [3.05, 3.63) is 47.5 Å². The van der Waals surface area contributed by atoms with Crippen molar-refractivity contribution in [1.29, 1.82) is 0 Å². The minimum atomic E-state index is -1.08. The molecule has 7 heteroatoms. The Hall–Kier alpha value is -2.73. The van der Waals surface area contributed by atoms with Crippen LogP contribution in [0.3, 0.4) is 0 Å². The number of nitrogens with one attached hydrogen (secondary N) is 1. The van der Waals surface area contributed by atoms with Crippen molar-refractivity contribution in [3.8, 4) is 11.5 Å². The van der Waals surface area contributed by atoms with Gasteiger partial charge in [-0.05, 0) is 44.2 Å². The first-order valence-electron chi connectivity index (χ1n) is 8.05. The summed E-state index contributed by atoms with van der Waals surface area (Å²) in [5.74, 6) is 0.371. The molecule has 0 radical (unpaired) electrons. The van der Waals surface area contributed by atoms with E-state index >= 15 is 0 Å².